The monoisotopic (exact) mass is 467 g/mol. The van der Waals surface area contributed by atoms with Crippen LogP contribution in [0, 0.1) is 6.92 Å². The largest absolute Gasteiger partial charge is 0.496 e. The second kappa shape index (κ2) is 8.95. The number of hydrogen-bond acceptors (Lipinski definition) is 3. The minimum atomic E-state index is -1.09. The van der Waals surface area contributed by atoms with Crippen LogP contribution in [0.25, 0.3) is 10.9 Å². The van der Waals surface area contributed by atoms with Crippen molar-refractivity contribution in [3.63, 3.8) is 0 Å². The van der Waals surface area contributed by atoms with Crippen molar-refractivity contribution in [2.75, 3.05) is 7.11 Å². The van der Waals surface area contributed by atoms with Gasteiger partial charge in [0, 0.05) is 29.6 Å². The highest BCUT2D eigenvalue weighted by atomic mass is 16.5. The molecule has 1 unspecified atom stereocenters. The summed E-state index contributed by atoms with van der Waals surface area (Å²) in [5, 5.41) is 4.07. The lowest BCUT2D eigenvalue weighted by Crippen LogP contribution is -2.63. The molecule has 1 atom stereocenters. The van der Waals surface area contributed by atoms with Gasteiger partial charge in [0.2, 0.25) is 5.91 Å². The Morgan fingerprint density at radius 1 is 1.03 bits per heavy atom. The van der Waals surface area contributed by atoms with Gasteiger partial charge < -0.3 is 19.5 Å². The fourth-order valence-corrected chi connectivity index (χ4v) is 4.96. The normalized spacial score (nSPS) is 17.3. The summed E-state index contributed by atoms with van der Waals surface area (Å²) >= 11 is 0. The van der Waals surface area contributed by atoms with Crippen LogP contribution in [0.5, 0.6) is 5.75 Å². The van der Waals surface area contributed by atoms with Crippen LogP contribution in [0.1, 0.15) is 34.1 Å². The van der Waals surface area contributed by atoms with E-state index in [0.717, 1.165) is 27.6 Å². The number of para-hydroxylation sites is 2. The third kappa shape index (κ3) is 4.05. The van der Waals surface area contributed by atoms with Gasteiger partial charge in [0.15, 0.2) is 0 Å². The Bertz CT molecular complexity index is 1420. The lowest BCUT2D eigenvalue weighted by Gasteiger charge is -2.44. The Kier molecular flexibility index (Phi) is 5.81. The molecule has 4 aromatic rings. The maximum atomic E-state index is 13.9. The van der Waals surface area contributed by atoms with E-state index in [4.69, 9.17) is 4.74 Å². The molecule has 178 valence electrons. The lowest BCUT2D eigenvalue weighted by atomic mass is 9.93. The van der Waals surface area contributed by atoms with E-state index in [0.29, 0.717) is 31.1 Å². The molecule has 0 spiro atoms. The van der Waals surface area contributed by atoms with Gasteiger partial charge in [-0.05, 0) is 37.6 Å². The van der Waals surface area contributed by atoms with Crippen LogP contribution in [0.15, 0.2) is 78.9 Å². The molecule has 3 aromatic carbocycles. The third-order valence-electron chi connectivity index (χ3n) is 6.88. The molecule has 0 saturated heterocycles. The third-order valence-corrected chi connectivity index (χ3v) is 6.88. The molecule has 6 nitrogen and oxygen atoms in total. The smallest absolute Gasteiger partial charge is 0.271 e. The number of benzene rings is 3. The summed E-state index contributed by atoms with van der Waals surface area (Å²) in [6.07, 6.45) is 0. The van der Waals surface area contributed by atoms with E-state index in [1.165, 1.54) is 0 Å². The summed E-state index contributed by atoms with van der Waals surface area (Å²) in [5.41, 5.74) is 3.46. The van der Waals surface area contributed by atoms with Crippen LogP contribution in [-0.4, -0.2) is 33.9 Å². The average molecular weight is 468 g/mol. The molecule has 0 bridgehead atoms. The van der Waals surface area contributed by atoms with E-state index in [9.17, 15) is 9.59 Å². The maximum absolute atomic E-state index is 13.9. The fraction of sp³-hybridized carbons (Fsp3) is 0.241. The molecule has 1 N–H and O–H groups in total. The van der Waals surface area contributed by atoms with E-state index in [1.807, 2.05) is 91.2 Å². The number of hydrogen-bond donors (Lipinski definition) is 1. The number of nitrogens with zero attached hydrogens (tertiary/aromatic N) is 2. The molecule has 0 radical (unpaired) electrons. The van der Waals surface area contributed by atoms with Crippen molar-refractivity contribution < 1.29 is 14.3 Å². The Labute approximate surface area is 205 Å². The van der Waals surface area contributed by atoms with Crippen LogP contribution in [0.4, 0.5) is 0 Å². The molecule has 2 amide bonds. The summed E-state index contributed by atoms with van der Waals surface area (Å²) in [7, 11) is 1.62. The highest BCUT2D eigenvalue weighted by molar-refractivity contribution is 6.03. The first-order valence-corrected chi connectivity index (χ1v) is 11.8. The van der Waals surface area contributed by atoms with Gasteiger partial charge in [-0.2, -0.15) is 0 Å². The van der Waals surface area contributed by atoms with Gasteiger partial charge in [-0.25, -0.2) is 0 Å². The van der Waals surface area contributed by atoms with Crippen LogP contribution in [-0.2, 0) is 24.4 Å². The Hall–Kier alpha value is -4.06. The minimum absolute atomic E-state index is 0.149. The SMILES string of the molecule is COc1ccccc1CNC(=O)C1(C)Cn2c(cc3ccccc32)C(=O)N1Cc1cccc(C)c1. The van der Waals surface area contributed by atoms with Crippen LogP contribution >= 0.6 is 0 Å². The molecule has 0 fully saturated rings. The Balaban J connectivity index is 1.53. The fourth-order valence-electron chi connectivity index (χ4n) is 4.96. The first-order chi connectivity index (χ1) is 16.9. The number of amides is 2. The highest BCUT2D eigenvalue weighted by Crippen LogP contribution is 2.33. The standard InChI is InChI=1S/C29H29N3O3/c1-20-9-8-10-21(15-20)18-32-27(33)25-16-22-11-4-6-13-24(22)31(25)19-29(32,2)28(34)30-17-23-12-5-7-14-26(23)35-3/h4-16H,17-19H2,1-3H3,(H,30,34). The van der Waals surface area contributed by atoms with E-state index < -0.39 is 5.54 Å². The van der Waals surface area contributed by atoms with Crippen molar-refractivity contribution in [3.8, 4) is 5.75 Å². The van der Waals surface area contributed by atoms with Crippen LogP contribution in [0.2, 0.25) is 0 Å². The zero-order chi connectivity index (χ0) is 24.6. The van der Waals surface area contributed by atoms with E-state index in [2.05, 4.69) is 11.4 Å². The summed E-state index contributed by atoms with van der Waals surface area (Å²) in [5.74, 6) is 0.365. The molecule has 1 aromatic heterocycles. The van der Waals surface area contributed by atoms with E-state index in [1.54, 1.807) is 12.0 Å². The molecular weight excluding hydrogens is 438 g/mol. The zero-order valence-electron chi connectivity index (χ0n) is 20.2. The molecule has 6 heteroatoms. The molecule has 35 heavy (non-hydrogen) atoms. The predicted molar refractivity (Wildman–Crippen MR) is 136 cm³/mol. The lowest BCUT2D eigenvalue weighted by molar-refractivity contribution is -0.133. The molecule has 1 aliphatic rings. The molecule has 5 rings (SSSR count). The van der Waals surface area contributed by atoms with Gasteiger partial charge >= 0.3 is 0 Å². The van der Waals surface area contributed by atoms with Gasteiger partial charge in [0.05, 0.1) is 13.7 Å². The Morgan fingerprint density at radius 2 is 1.80 bits per heavy atom. The average Bonchev–Trinajstić information content (AvgIpc) is 3.23. The number of aromatic nitrogens is 1. The molecule has 2 heterocycles. The van der Waals surface area contributed by atoms with Crippen molar-refractivity contribution in [1.29, 1.82) is 0 Å². The van der Waals surface area contributed by atoms with Gasteiger partial charge in [0.1, 0.15) is 17.0 Å². The summed E-state index contributed by atoms with van der Waals surface area (Å²) in [6.45, 7) is 4.91. The quantitative estimate of drug-likeness (QED) is 0.448. The van der Waals surface area contributed by atoms with Crippen molar-refractivity contribution in [2.24, 2.45) is 0 Å². The van der Waals surface area contributed by atoms with Gasteiger partial charge in [-0.3, -0.25) is 9.59 Å². The molecule has 0 aliphatic carbocycles. The van der Waals surface area contributed by atoms with Crippen molar-refractivity contribution >= 4 is 22.7 Å². The Morgan fingerprint density at radius 3 is 2.60 bits per heavy atom. The van der Waals surface area contributed by atoms with Gasteiger partial charge in [-0.15, -0.1) is 0 Å². The van der Waals surface area contributed by atoms with E-state index in [-0.39, 0.29) is 11.8 Å². The van der Waals surface area contributed by atoms with Gasteiger partial charge in [0.25, 0.3) is 5.91 Å². The number of aryl methyl sites for hydroxylation is 1. The van der Waals surface area contributed by atoms with Crippen LogP contribution < -0.4 is 10.1 Å². The topological polar surface area (TPSA) is 63.6 Å². The van der Waals surface area contributed by atoms with Crippen molar-refractivity contribution in [2.45, 2.75) is 39.0 Å². The number of nitrogens with one attached hydrogen (secondary N) is 1. The number of methoxy groups -OCH3 is 1. The number of rotatable bonds is 6. The first kappa shape index (κ1) is 22.7. The molecular formula is C29H29N3O3. The zero-order valence-corrected chi connectivity index (χ0v) is 20.2. The predicted octanol–water partition coefficient (Wildman–Crippen LogP) is 4.69. The number of ether oxygens (including phenoxy) is 1. The van der Waals surface area contributed by atoms with Gasteiger partial charge in [-0.1, -0.05) is 66.2 Å². The number of fused-ring (bicyclic) bond motifs is 3. The second-order valence-corrected chi connectivity index (χ2v) is 9.32. The minimum Gasteiger partial charge on any atom is -0.496 e. The number of carbonyl (C=O) groups is 2. The van der Waals surface area contributed by atoms with Crippen molar-refractivity contribution in [3.05, 3.63) is 101 Å². The first-order valence-electron chi connectivity index (χ1n) is 11.8. The highest BCUT2D eigenvalue weighted by Gasteiger charge is 2.47. The number of carbonyl (C=O) groups excluding carboxylic acids is 2. The second-order valence-electron chi connectivity index (χ2n) is 9.32. The summed E-state index contributed by atoms with van der Waals surface area (Å²) < 4.78 is 7.42. The molecule has 0 saturated carbocycles. The maximum Gasteiger partial charge on any atom is 0.271 e. The van der Waals surface area contributed by atoms with E-state index >= 15 is 0 Å². The summed E-state index contributed by atoms with van der Waals surface area (Å²) in [4.78, 5) is 29.4. The van der Waals surface area contributed by atoms with Crippen molar-refractivity contribution in [1.82, 2.24) is 14.8 Å². The van der Waals surface area contributed by atoms with Crippen LogP contribution in [0.3, 0.4) is 0 Å². The summed E-state index contributed by atoms with van der Waals surface area (Å²) in [6, 6.07) is 25.5. The molecule has 1 aliphatic heterocycles.